The maximum absolute atomic E-state index is 10.4. The van der Waals surface area contributed by atoms with Crippen LogP contribution in [-0.2, 0) is 0 Å². The predicted molar refractivity (Wildman–Crippen MR) is 73.1 cm³/mol. The number of nitrogens with two attached hydrogens (primary N) is 3. The highest BCUT2D eigenvalue weighted by Crippen LogP contribution is 2.18. The minimum Gasteiger partial charge on any atom is -0.478 e. The number of carboxylic acids is 1. The van der Waals surface area contributed by atoms with Crippen LogP contribution in [0, 0.1) is 0 Å². The van der Waals surface area contributed by atoms with Crippen LogP contribution in [-0.4, -0.2) is 11.1 Å². The molecule has 0 bridgehead atoms. The molecule has 0 fully saturated rings. The largest absolute Gasteiger partial charge is 0.478 e. The van der Waals surface area contributed by atoms with Crippen molar-refractivity contribution in [3.05, 3.63) is 54.1 Å². The molecule has 0 aliphatic heterocycles. The molecule has 18 heavy (non-hydrogen) atoms. The number of carboxylic acid groups (broad SMARTS) is 1. The summed E-state index contributed by atoms with van der Waals surface area (Å²) in [6, 6.07) is 14.0. The Morgan fingerprint density at radius 3 is 1.89 bits per heavy atom. The fraction of sp³-hybridized carbons (Fsp3) is 0. The lowest BCUT2D eigenvalue weighted by atomic mass is 10.1. The number of hydrogen-bond acceptors (Lipinski definition) is 4. The first-order valence-electron chi connectivity index (χ1n) is 5.20. The van der Waals surface area contributed by atoms with E-state index in [9.17, 15) is 4.79 Å². The lowest BCUT2D eigenvalue weighted by Crippen LogP contribution is -2.04. The van der Waals surface area contributed by atoms with Gasteiger partial charge < -0.3 is 22.3 Å². The predicted octanol–water partition coefficient (Wildman–Crippen LogP) is 1.82. The zero-order chi connectivity index (χ0) is 13.5. The van der Waals surface area contributed by atoms with Gasteiger partial charge in [0.2, 0.25) is 0 Å². The van der Waals surface area contributed by atoms with Crippen LogP contribution in [0.1, 0.15) is 10.4 Å². The van der Waals surface area contributed by atoms with Gasteiger partial charge in [-0.3, -0.25) is 0 Å². The Labute approximate surface area is 105 Å². The summed E-state index contributed by atoms with van der Waals surface area (Å²) in [7, 11) is 0. The first kappa shape index (κ1) is 13.4. The Kier molecular flexibility index (Phi) is 4.57. The normalized spacial score (nSPS) is 9.11. The molecule has 2 aromatic rings. The number of hydrogen-bond donors (Lipinski definition) is 4. The first-order chi connectivity index (χ1) is 8.52. The van der Waals surface area contributed by atoms with Gasteiger partial charge in [0.25, 0.3) is 0 Å². The lowest BCUT2D eigenvalue weighted by Gasteiger charge is -2.01. The smallest absolute Gasteiger partial charge is 0.337 e. The number of carbonyl (C=O) groups is 1. The summed E-state index contributed by atoms with van der Waals surface area (Å²) >= 11 is 0. The van der Waals surface area contributed by atoms with E-state index in [1.54, 1.807) is 12.1 Å². The molecule has 0 aliphatic carbocycles. The number of rotatable bonds is 1. The number of nitrogen functional groups attached to an aromatic ring is 3. The Hall–Kier alpha value is -2.69. The highest BCUT2D eigenvalue weighted by atomic mass is 16.4. The molecular formula is C13H15N3O2. The van der Waals surface area contributed by atoms with Crippen molar-refractivity contribution < 1.29 is 9.90 Å². The van der Waals surface area contributed by atoms with Crippen molar-refractivity contribution in [2.75, 3.05) is 17.2 Å². The molecule has 7 N–H and O–H groups in total. The average Bonchev–Trinajstić information content (AvgIpc) is 2.34. The molecule has 2 rings (SSSR count). The lowest BCUT2D eigenvalue weighted by molar-refractivity contribution is 0.0698. The summed E-state index contributed by atoms with van der Waals surface area (Å²) in [6.45, 7) is 0. The van der Waals surface area contributed by atoms with E-state index in [1.807, 2.05) is 30.3 Å². The Bertz CT molecular complexity index is 527. The second kappa shape index (κ2) is 6.15. The van der Waals surface area contributed by atoms with Crippen LogP contribution in [0.3, 0.4) is 0 Å². The van der Waals surface area contributed by atoms with Crippen molar-refractivity contribution in [3.63, 3.8) is 0 Å². The second-order valence-corrected chi connectivity index (χ2v) is 3.52. The van der Waals surface area contributed by atoms with E-state index < -0.39 is 5.97 Å². The highest BCUT2D eigenvalue weighted by Gasteiger charge is 2.07. The van der Waals surface area contributed by atoms with Crippen LogP contribution < -0.4 is 17.2 Å². The molecule has 0 saturated carbocycles. The van der Waals surface area contributed by atoms with Crippen molar-refractivity contribution in [3.8, 4) is 0 Å². The zero-order valence-electron chi connectivity index (χ0n) is 9.71. The van der Waals surface area contributed by atoms with Gasteiger partial charge in [0.15, 0.2) is 0 Å². The molecule has 0 heterocycles. The standard InChI is InChI=1S/C7H8N2O2.C6H7N/c8-5-3-1-2-4(6(5)9)7(10)11;7-6-4-2-1-3-5-6/h1-3H,8-9H2,(H,10,11);1-5H,7H2. The minimum absolute atomic E-state index is 0.0463. The maximum atomic E-state index is 10.4. The van der Waals surface area contributed by atoms with Gasteiger partial charge in [0, 0.05) is 5.69 Å². The molecule has 0 atom stereocenters. The van der Waals surface area contributed by atoms with Crippen LogP contribution in [0.5, 0.6) is 0 Å². The number of anilines is 3. The van der Waals surface area contributed by atoms with Crippen molar-refractivity contribution in [2.45, 2.75) is 0 Å². The van der Waals surface area contributed by atoms with E-state index in [2.05, 4.69) is 0 Å². The fourth-order valence-corrected chi connectivity index (χ4v) is 1.22. The van der Waals surface area contributed by atoms with Gasteiger partial charge in [-0.05, 0) is 24.3 Å². The molecule has 0 saturated heterocycles. The molecule has 0 aliphatic rings. The van der Waals surface area contributed by atoms with E-state index in [0.717, 1.165) is 5.69 Å². The Balaban J connectivity index is 0.000000199. The van der Waals surface area contributed by atoms with Gasteiger partial charge in [-0.15, -0.1) is 0 Å². The highest BCUT2D eigenvalue weighted by molar-refractivity contribution is 5.96. The summed E-state index contributed by atoms with van der Waals surface area (Å²) in [6.07, 6.45) is 0. The monoisotopic (exact) mass is 245 g/mol. The summed E-state index contributed by atoms with van der Waals surface area (Å²) in [5.74, 6) is -1.06. The molecule has 94 valence electrons. The van der Waals surface area contributed by atoms with E-state index in [-0.39, 0.29) is 11.3 Å². The van der Waals surface area contributed by atoms with Crippen LogP contribution in [0.15, 0.2) is 48.5 Å². The topological polar surface area (TPSA) is 115 Å². The summed E-state index contributed by atoms with van der Waals surface area (Å²) < 4.78 is 0. The Morgan fingerprint density at radius 2 is 1.50 bits per heavy atom. The fourth-order valence-electron chi connectivity index (χ4n) is 1.22. The third-order valence-electron chi connectivity index (χ3n) is 2.17. The minimum atomic E-state index is -1.06. The van der Waals surface area contributed by atoms with Gasteiger partial charge in [-0.1, -0.05) is 24.3 Å². The van der Waals surface area contributed by atoms with E-state index in [1.165, 1.54) is 6.07 Å². The van der Waals surface area contributed by atoms with E-state index in [4.69, 9.17) is 22.3 Å². The molecule has 2 aromatic carbocycles. The molecule has 0 unspecified atom stereocenters. The van der Waals surface area contributed by atoms with Gasteiger partial charge >= 0.3 is 5.97 Å². The average molecular weight is 245 g/mol. The molecule has 0 radical (unpaired) electrons. The van der Waals surface area contributed by atoms with E-state index in [0.29, 0.717) is 5.69 Å². The molecule has 0 aromatic heterocycles. The van der Waals surface area contributed by atoms with Gasteiger partial charge in [0.1, 0.15) is 0 Å². The number of para-hydroxylation sites is 2. The second-order valence-electron chi connectivity index (χ2n) is 3.52. The summed E-state index contributed by atoms with van der Waals surface area (Å²) in [5.41, 5.74) is 17.4. The Morgan fingerprint density at radius 1 is 0.889 bits per heavy atom. The molecule has 0 spiro atoms. The first-order valence-corrected chi connectivity index (χ1v) is 5.20. The van der Waals surface area contributed by atoms with Crippen LogP contribution in [0.2, 0.25) is 0 Å². The van der Waals surface area contributed by atoms with Crippen molar-refractivity contribution in [1.82, 2.24) is 0 Å². The third-order valence-corrected chi connectivity index (χ3v) is 2.17. The van der Waals surface area contributed by atoms with Crippen molar-refractivity contribution in [1.29, 1.82) is 0 Å². The van der Waals surface area contributed by atoms with Crippen LogP contribution >= 0.6 is 0 Å². The quantitative estimate of drug-likeness (QED) is 0.572. The van der Waals surface area contributed by atoms with Crippen LogP contribution in [0.25, 0.3) is 0 Å². The molecule has 0 amide bonds. The van der Waals surface area contributed by atoms with Gasteiger partial charge in [-0.25, -0.2) is 4.79 Å². The van der Waals surface area contributed by atoms with Gasteiger partial charge in [-0.2, -0.15) is 0 Å². The number of benzene rings is 2. The zero-order valence-corrected chi connectivity index (χ0v) is 9.71. The SMILES string of the molecule is Nc1cccc(C(=O)O)c1N.Nc1ccccc1. The van der Waals surface area contributed by atoms with E-state index >= 15 is 0 Å². The van der Waals surface area contributed by atoms with Crippen molar-refractivity contribution >= 4 is 23.0 Å². The summed E-state index contributed by atoms with van der Waals surface area (Å²) in [5, 5.41) is 8.55. The van der Waals surface area contributed by atoms with Crippen LogP contribution in [0.4, 0.5) is 17.1 Å². The molecule has 5 nitrogen and oxygen atoms in total. The van der Waals surface area contributed by atoms with Gasteiger partial charge in [0.05, 0.1) is 16.9 Å². The number of aromatic carboxylic acids is 1. The maximum Gasteiger partial charge on any atom is 0.337 e. The summed E-state index contributed by atoms with van der Waals surface area (Å²) in [4.78, 5) is 10.4. The third kappa shape index (κ3) is 3.71. The molecular weight excluding hydrogens is 230 g/mol. The van der Waals surface area contributed by atoms with Crippen molar-refractivity contribution in [2.24, 2.45) is 0 Å². The molecule has 5 heteroatoms.